The molecule has 3 rings (SSSR count). The average Bonchev–Trinajstić information content (AvgIpc) is 3.24. The Morgan fingerprint density at radius 3 is 2.00 bits per heavy atom. The summed E-state index contributed by atoms with van der Waals surface area (Å²) >= 11 is 0. The van der Waals surface area contributed by atoms with Crippen molar-refractivity contribution in [1.29, 1.82) is 0 Å². The lowest BCUT2D eigenvalue weighted by molar-refractivity contribution is 0.0967. The molecule has 0 N–H and O–H groups in total. The van der Waals surface area contributed by atoms with E-state index in [1.807, 2.05) is 42.5 Å². The van der Waals surface area contributed by atoms with E-state index in [0.29, 0.717) is 11.7 Å². The highest BCUT2D eigenvalue weighted by Crippen LogP contribution is 2.33. The molecule has 0 spiro atoms. The van der Waals surface area contributed by atoms with Crippen molar-refractivity contribution >= 4 is 5.78 Å². The van der Waals surface area contributed by atoms with E-state index in [2.05, 4.69) is 12.1 Å². The first-order valence-electron chi connectivity index (χ1n) is 6.04. The summed E-state index contributed by atoms with van der Waals surface area (Å²) in [5, 5.41) is 0. The summed E-state index contributed by atoms with van der Waals surface area (Å²) in [5.41, 5.74) is 3.21. The number of Topliss-reactive ketones (excluding diaryl/α,β-unsaturated/α-hetero) is 1. The van der Waals surface area contributed by atoms with Crippen LogP contribution in [0.2, 0.25) is 0 Å². The molecule has 0 aliphatic heterocycles. The van der Waals surface area contributed by atoms with Gasteiger partial charge in [0, 0.05) is 11.5 Å². The van der Waals surface area contributed by atoms with Gasteiger partial charge in [0.2, 0.25) is 0 Å². The van der Waals surface area contributed by atoms with Gasteiger partial charge in [-0.3, -0.25) is 4.79 Å². The van der Waals surface area contributed by atoms with Crippen molar-refractivity contribution in [2.75, 3.05) is 0 Å². The van der Waals surface area contributed by atoms with Crippen LogP contribution in [0.5, 0.6) is 0 Å². The van der Waals surface area contributed by atoms with Crippen LogP contribution in [-0.4, -0.2) is 5.78 Å². The Bertz CT molecular complexity index is 521. The van der Waals surface area contributed by atoms with Crippen LogP contribution in [0.15, 0.2) is 54.6 Å². The molecule has 0 amide bonds. The lowest BCUT2D eigenvalue weighted by Gasteiger charge is -2.03. The fourth-order valence-corrected chi connectivity index (χ4v) is 2.04. The van der Waals surface area contributed by atoms with E-state index in [-0.39, 0.29) is 0 Å². The van der Waals surface area contributed by atoms with Crippen LogP contribution < -0.4 is 0 Å². The van der Waals surface area contributed by atoms with E-state index in [1.165, 1.54) is 5.56 Å². The third-order valence-corrected chi connectivity index (χ3v) is 3.22. The molecule has 2 aromatic rings. The lowest BCUT2D eigenvalue weighted by Crippen LogP contribution is -2.00. The van der Waals surface area contributed by atoms with Gasteiger partial charge >= 0.3 is 0 Å². The van der Waals surface area contributed by atoms with Crippen LogP contribution >= 0.6 is 0 Å². The Morgan fingerprint density at radius 1 is 0.824 bits per heavy atom. The fourth-order valence-electron chi connectivity index (χ4n) is 2.04. The molecule has 0 bridgehead atoms. The molecule has 1 nitrogen and oxygen atoms in total. The number of ketones is 1. The van der Waals surface area contributed by atoms with Crippen molar-refractivity contribution in [3.63, 3.8) is 0 Å². The highest BCUT2D eigenvalue weighted by molar-refractivity contribution is 5.99. The van der Waals surface area contributed by atoms with E-state index >= 15 is 0 Å². The number of carbonyl (C=O) groups is 1. The smallest absolute Gasteiger partial charge is 0.165 e. The van der Waals surface area contributed by atoms with Gasteiger partial charge in [-0.05, 0) is 24.0 Å². The second-order valence-electron chi connectivity index (χ2n) is 4.58. The van der Waals surface area contributed by atoms with Gasteiger partial charge in [0.25, 0.3) is 0 Å². The Hall–Kier alpha value is -1.89. The average molecular weight is 222 g/mol. The number of carbonyl (C=O) groups excluding carboxylic acids is 1. The summed E-state index contributed by atoms with van der Waals surface area (Å²) in [7, 11) is 0. The molecule has 1 fully saturated rings. The highest BCUT2D eigenvalue weighted by atomic mass is 16.1. The SMILES string of the molecule is O=C(c1ccc(-c2ccccc2)cc1)C1CC1. The number of rotatable bonds is 3. The third kappa shape index (κ3) is 2.14. The minimum Gasteiger partial charge on any atom is -0.294 e. The maximum Gasteiger partial charge on any atom is 0.165 e. The molecule has 1 aliphatic carbocycles. The second-order valence-corrected chi connectivity index (χ2v) is 4.58. The second kappa shape index (κ2) is 4.17. The number of hydrogen-bond acceptors (Lipinski definition) is 1. The molecule has 1 aliphatic rings. The standard InChI is InChI=1S/C16H14O/c17-16(15-10-11-15)14-8-6-13(7-9-14)12-4-2-1-3-5-12/h1-9,15H,10-11H2. The third-order valence-electron chi connectivity index (χ3n) is 3.22. The van der Waals surface area contributed by atoms with Crippen LogP contribution in [0.3, 0.4) is 0 Å². The molecular formula is C16H14O. The zero-order valence-electron chi connectivity index (χ0n) is 9.60. The molecule has 0 unspecified atom stereocenters. The van der Waals surface area contributed by atoms with Gasteiger partial charge in [0.15, 0.2) is 5.78 Å². The molecule has 0 atom stereocenters. The van der Waals surface area contributed by atoms with Gasteiger partial charge < -0.3 is 0 Å². The Labute approximate surface area is 101 Å². The van der Waals surface area contributed by atoms with Gasteiger partial charge in [-0.1, -0.05) is 54.6 Å². The fraction of sp³-hybridized carbons (Fsp3) is 0.188. The zero-order chi connectivity index (χ0) is 11.7. The van der Waals surface area contributed by atoms with Crippen LogP contribution in [0, 0.1) is 5.92 Å². The summed E-state index contributed by atoms with van der Waals surface area (Å²) in [6.45, 7) is 0. The Balaban J connectivity index is 1.87. The van der Waals surface area contributed by atoms with Gasteiger partial charge in [-0.25, -0.2) is 0 Å². The summed E-state index contributed by atoms with van der Waals surface area (Å²) in [5.74, 6) is 0.613. The molecule has 0 saturated heterocycles. The predicted octanol–water partition coefficient (Wildman–Crippen LogP) is 3.95. The van der Waals surface area contributed by atoms with Crippen molar-refractivity contribution in [2.45, 2.75) is 12.8 Å². The largest absolute Gasteiger partial charge is 0.294 e. The molecular weight excluding hydrogens is 208 g/mol. The highest BCUT2D eigenvalue weighted by Gasteiger charge is 2.30. The van der Waals surface area contributed by atoms with Crippen molar-refractivity contribution in [2.24, 2.45) is 5.92 Å². The molecule has 84 valence electrons. The summed E-state index contributed by atoms with van der Waals surface area (Å²) in [6.07, 6.45) is 2.14. The van der Waals surface area contributed by atoms with E-state index in [0.717, 1.165) is 24.0 Å². The minimum atomic E-state index is 0.303. The van der Waals surface area contributed by atoms with Gasteiger partial charge in [-0.15, -0.1) is 0 Å². The minimum absolute atomic E-state index is 0.303. The van der Waals surface area contributed by atoms with Crippen molar-refractivity contribution < 1.29 is 4.79 Å². The lowest BCUT2D eigenvalue weighted by atomic mass is 10.0. The zero-order valence-corrected chi connectivity index (χ0v) is 9.60. The Morgan fingerprint density at radius 2 is 1.41 bits per heavy atom. The maximum atomic E-state index is 11.9. The number of hydrogen-bond donors (Lipinski definition) is 0. The molecule has 17 heavy (non-hydrogen) atoms. The normalized spacial score (nSPS) is 14.6. The molecule has 0 radical (unpaired) electrons. The van der Waals surface area contributed by atoms with E-state index in [1.54, 1.807) is 0 Å². The van der Waals surface area contributed by atoms with Crippen molar-refractivity contribution in [3.05, 3.63) is 60.2 Å². The predicted molar refractivity (Wildman–Crippen MR) is 68.9 cm³/mol. The van der Waals surface area contributed by atoms with Gasteiger partial charge in [-0.2, -0.15) is 0 Å². The van der Waals surface area contributed by atoms with Crippen molar-refractivity contribution in [3.8, 4) is 11.1 Å². The summed E-state index contributed by atoms with van der Waals surface area (Å²) in [6, 6.07) is 18.2. The van der Waals surface area contributed by atoms with Gasteiger partial charge in [0.1, 0.15) is 0 Å². The molecule has 1 heteroatoms. The van der Waals surface area contributed by atoms with E-state index in [4.69, 9.17) is 0 Å². The first-order valence-corrected chi connectivity index (χ1v) is 6.04. The molecule has 1 saturated carbocycles. The molecule has 2 aromatic carbocycles. The molecule has 0 heterocycles. The summed E-state index contributed by atoms with van der Waals surface area (Å²) < 4.78 is 0. The van der Waals surface area contributed by atoms with E-state index in [9.17, 15) is 4.79 Å². The first kappa shape index (κ1) is 10.3. The van der Waals surface area contributed by atoms with E-state index < -0.39 is 0 Å². The van der Waals surface area contributed by atoms with Crippen molar-refractivity contribution in [1.82, 2.24) is 0 Å². The Kier molecular flexibility index (Phi) is 2.52. The monoisotopic (exact) mass is 222 g/mol. The summed E-state index contributed by atoms with van der Waals surface area (Å²) in [4.78, 5) is 11.9. The molecule has 0 aromatic heterocycles. The van der Waals surface area contributed by atoms with Gasteiger partial charge in [0.05, 0.1) is 0 Å². The van der Waals surface area contributed by atoms with Crippen LogP contribution in [0.4, 0.5) is 0 Å². The van der Waals surface area contributed by atoms with Crippen LogP contribution in [-0.2, 0) is 0 Å². The van der Waals surface area contributed by atoms with Crippen LogP contribution in [0.25, 0.3) is 11.1 Å². The first-order chi connectivity index (χ1) is 8.34. The quantitative estimate of drug-likeness (QED) is 0.719. The topological polar surface area (TPSA) is 17.1 Å². The van der Waals surface area contributed by atoms with Crippen LogP contribution in [0.1, 0.15) is 23.2 Å². The maximum absolute atomic E-state index is 11.9. The number of benzene rings is 2.